The van der Waals surface area contributed by atoms with Gasteiger partial charge >= 0.3 is 5.82 Å². The van der Waals surface area contributed by atoms with E-state index in [0.717, 1.165) is 0 Å². The van der Waals surface area contributed by atoms with E-state index in [9.17, 15) is 14.9 Å². The summed E-state index contributed by atoms with van der Waals surface area (Å²) in [7, 11) is 0. The van der Waals surface area contributed by atoms with Crippen LogP contribution in [0, 0.1) is 10.1 Å². The van der Waals surface area contributed by atoms with Crippen molar-refractivity contribution in [1.82, 2.24) is 10.3 Å². The van der Waals surface area contributed by atoms with Gasteiger partial charge in [0, 0.05) is 5.54 Å². The largest absolute Gasteiger partial charge is 0.473 e. The van der Waals surface area contributed by atoms with Crippen LogP contribution in [0.2, 0.25) is 0 Å². The minimum absolute atomic E-state index is 0.0240. The molecule has 1 N–H and O–H groups in total. The van der Waals surface area contributed by atoms with Crippen molar-refractivity contribution in [3.63, 3.8) is 0 Å². The summed E-state index contributed by atoms with van der Waals surface area (Å²) in [4.78, 5) is 25.5. The molecule has 7 nitrogen and oxygen atoms in total. The molecule has 0 bridgehead atoms. The van der Waals surface area contributed by atoms with Gasteiger partial charge in [0.05, 0.1) is 0 Å². The lowest BCUT2D eigenvalue weighted by Crippen LogP contribution is -2.46. The van der Waals surface area contributed by atoms with Crippen molar-refractivity contribution >= 4 is 11.7 Å². The van der Waals surface area contributed by atoms with Gasteiger partial charge in [0.1, 0.15) is 6.20 Å². The predicted molar refractivity (Wildman–Crippen MR) is 68.9 cm³/mol. The molecule has 0 spiro atoms. The van der Waals surface area contributed by atoms with Gasteiger partial charge in [-0.25, -0.2) is 0 Å². The van der Waals surface area contributed by atoms with Gasteiger partial charge in [-0.1, -0.05) is 0 Å². The van der Waals surface area contributed by atoms with Crippen LogP contribution in [0.3, 0.4) is 0 Å². The molecule has 0 radical (unpaired) electrons. The van der Waals surface area contributed by atoms with E-state index in [4.69, 9.17) is 4.74 Å². The molecular weight excluding hydrogens is 250 g/mol. The van der Waals surface area contributed by atoms with E-state index < -0.39 is 22.4 Å². The van der Waals surface area contributed by atoms with E-state index in [2.05, 4.69) is 10.3 Å². The van der Waals surface area contributed by atoms with Gasteiger partial charge in [-0.15, -0.1) is 0 Å². The fraction of sp³-hybridized carbons (Fsp3) is 0.500. The van der Waals surface area contributed by atoms with Crippen LogP contribution in [0.15, 0.2) is 18.3 Å². The van der Waals surface area contributed by atoms with Gasteiger partial charge in [0.25, 0.3) is 5.91 Å². The number of rotatable bonds is 4. The summed E-state index contributed by atoms with van der Waals surface area (Å²) in [6, 6.07) is 2.92. The third kappa shape index (κ3) is 4.53. The molecule has 1 unspecified atom stereocenters. The van der Waals surface area contributed by atoms with Crippen molar-refractivity contribution in [1.29, 1.82) is 0 Å². The van der Waals surface area contributed by atoms with Crippen molar-refractivity contribution in [3.05, 3.63) is 28.4 Å². The van der Waals surface area contributed by atoms with E-state index in [1.54, 1.807) is 0 Å². The van der Waals surface area contributed by atoms with Gasteiger partial charge in [-0.05, 0) is 49.7 Å². The van der Waals surface area contributed by atoms with E-state index in [1.165, 1.54) is 25.3 Å². The number of nitrogens with one attached hydrogen (secondary N) is 1. The standard InChI is InChI=1S/C12H17N3O4/c1-8(11(16)14-12(2,3)4)19-9-6-5-7-13-10(9)15(17)18/h5-8H,1-4H3,(H,14,16). The Morgan fingerprint density at radius 2 is 2.16 bits per heavy atom. The van der Waals surface area contributed by atoms with E-state index >= 15 is 0 Å². The number of hydrogen-bond acceptors (Lipinski definition) is 5. The molecule has 0 fully saturated rings. The molecule has 0 aromatic carbocycles. The predicted octanol–water partition coefficient (Wildman–Crippen LogP) is 1.67. The summed E-state index contributed by atoms with van der Waals surface area (Å²) >= 11 is 0. The van der Waals surface area contributed by atoms with Gasteiger partial charge in [-0.2, -0.15) is 0 Å². The fourth-order valence-electron chi connectivity index (χ4n) is 1.33. The first-order chi connectivity index (χ1) is 8.70. The third-order valence-corrected chi connectivity index (χ3v) is 2.09. The molecule has 1 aromatic rings. The Hall–Kier alpha value is -2.18. The number of pyridine rings is 1. The van der Waals surface area contributed by atoms with E-state index in [0.29, 0.717) is 0 Å². The number of hydrogen-bond donors (Lipinski definition) is 1. The minimum atomic E-state index is -0.845. The van der Waals surface area contributed by atoms with Gasteiger partial charge in [0.15, 0.2) is 6.10 Å². The van der Waals surface area contributed by atoms with Crippen molar-refractivity contribution in [2.24, 2.45) is 0 Å². The Morgan fingerprint density at radius 1 is 1.53 bits per heavy atom. The Bertz CT molecular complexity index is 482. The van der Waals surface area contributed by atoms with Gasteiger partial charge in [0.2, 0.25) is 5.75 Å². The zero-order chi connectivity index (χ0) is 14.6. The molecule has 7 heteroatoms. The number of nitro groups is 1. The smallest absolute Gasteiger partial charge is 0.406 e. The molecule has 0 aliphatic rings. The highest BCUT2D eigenvalue weighted by molar-refractivity contribution is 5.81. The van der Waals surface area contributed by atoms with Crippen molar-refractivity contribution in [2.45, 2.75) is 39.3 Å². The Morgan fingerprint density at radius 3 is 2.68 bits per heavy atom. The fourth-order valence-corrected chi connectivity index (χ4v) is 1.33. The third-order valence-electron chi connectivity index (χ3n) is 2.09. The Kier molecular flexibility index (Phi) is 4.42. The Balaban J connectivity index is 2.80. The average Bonchev–Trinajstić information content (AvgIpc) is 2.27. The first-order valence-corrected chi connectivity index (χ1v) is 5.79. The maximum absolute atomic E-state index is 11.8. The van der Waals surface area contributed by atoms with Crippen molar-refractivity contribution in [2.75, 3.05) is 0 Å². The molecule has 1 heterocycles. The van der Waals surface area contributed by atoms with Gasteiger partial charge < -0.3 is 20.2 Å². The maximum atomic E-state index is 11.8. The lowest BCUT2D eigenvalue weighted by molar-refractivity contribution is -0.390. The SMILES string of the molecule is CC(Oc1cccnc1[N+](=O)[O-])C(=O)NC(C)(C)C. The summed E-state index contributed by atoms with van der Waals surface area (Å²) in [5.41, 5.74) is -0.393. The van der Waals surface area contributed by atoms with E-state index in [1.807, 2.05) is 20.8 Å². The second-order valence-electron chi connectivity index (χ2n) is 5.08. The molecule has 0 aliphatic heterocycles. The number of carbonyl (C=O) groups is 1. The topological polar surface area (TPSA) is 94.4 Å². The Labute approximate surface area is 111 Å². The first-order valence-electron chi connectivity index (χ1n) is 5.79. The zero-order valence-corrected chi connectivity index (χ0v) is 11.3. The number of aromatic nitrogens is 1. The highest BCUT2D eigenvalue weighted by Crippen LogP contribution is 2.24. The summed E-state index contributed by atoms with van der Waals surface area (Å²) in [5, 5.41) is 13.5. The van der Waals surface area contributed by atoms with E-state index in [-0.39, 0.29) is 11.7 Å². The molecule has 104 valence electrons. The van der Waals surface area contributed by atoms with Crippen molar-refractivity contribution < 1.29 is 14.5 Å². The second-order valence-corrected chi connectivity index (χ2v) is 5.08. The van der Waals surface area contributed by atoms with Crippen LogP contribution in [0.5, 0.6) is 5.75 Å². The molecule has 19 heavy (non-hydrogen) atoms. The lowest BCUT2D eigenvalue weighted by Gasteiger charge is -2.23. The number of nitrogens with zero attached hydrogens (tertiary/aromatic N) is 2. The molecule has 1 rings (SSSR count). The normalized spacial score (nSPS) is 12.6. The second kappa shape index (κ2) is 5.64. The van der Waals surface area contributed by atoms with Crippen LogP contribution >= 0.6 is 0 Å². The average molecular weight is 267 g/mol. The summed E-state index contributed by atoms with van der Waals surface area (Å²) in [5.74, 6) is -0.771. The van der Waals surface area contributed by atoms with Crippen LogP contribution in [-0.4, -0.2) is 27.5 Å². The maximum Gasteiger partial charge on any atom is 0.406 e. The molecule has 0 saturated heterocycles. The zero-order valence-electron chi connectivity index (χ0n) is 11.3. The monoisotopic (exact) mass is 267 g/mol. The molecule has 0 aliphatic carbocycles. The number of amides is 1. The van der Waals surface area contributed by atoms with Crippen LogP contribution in [0.25, 0.3) is 0 Å². The summed E-state index contributed by atoms with van der Waals surface area (Å²) in [6.07, 6.45) is 0.451. The summed E-state index contributed by atoms with van der Waals surface area (Å²) in [6.45, 7) is 7.04. The highest BCUT2D eigenvalue weighted by atomic mass is 16.6. The van der Waals surface area contributed by atoms with Crippen LogP contribution in [-0.2, 0) is 4.79 Å². The molecule has 1 aromatic heterocycles. The van der Waals surface area contributed by atoms with Crippen LogP contribution < -0.4 is 10.1 Å². The van der Waals surface area contributed by atoms with Crippen molar-refractivity contribution in [3.8, 4) is 5.75 Å². The van der Waals surface area contributed by atoms with Crippen LogP contribution in [0.1, 0.15) is 27.7 Å². The molecule has 0 saturated carbocycles. The quantitative estimate of drug-likeness (QED) is 0.661. The van der Waals surface area contributed by atoms with Gasteiger partial charge in [-0.3, -0.25) is 4.79 Å². The molecule has 1 atom stereocenters. The number of ether oxygens (including phenoxy) is 1. The number of carbonyl (C=O) groups excluding carboxylic acids is 1. The summed E-state index contributed by atoms with van der Waals surface area (Å²) < 4.78 is 5.30. The minimum Gasteiger partial charge on any atom is -0.473 e. The molecular formula is C12H17N3O4. The van der Waals surface area contributed by atoms with Crippen LogP contribution in [0.4, 0.5) is 5.82 Å². The first kappa shape index (κ1) is 14.9. The highest BCUT2D eigenvalue weighted by Gasteiger charge is 2.24. The molecule has 1 amide bonds. The lowest BCUT2D eigenvalue weighted by atomic mass is 10.1.